The molecule has 7 aromatic rings. The van der Waals surface area contributed by atoms with Crippen LogP contribution in [0.25, 0.3) is 44.4 Å². The molecular formula is C44H46N4O. The Bertz CT molecular complexity index is 2300. The predicted octanol–water partition coefficient (Wildman–Crippen LogP) is 11.9. The Kier molecular flexibility index (Phi) is 8.40. The van der Waals surface area contributed by atoms with Crippen molar-refractivity contribution in [3.8, 4) is 34.1 Å². The van der Waals surface area contributed by atoms with Crippen LogP contribution in [0.15, 0.2) is 103 Å². The molecule has 0 N–H and O–H groups in total. The molecular weight excluding hydrogens is 601 g/mol. The van der Waals surface area contributed by atoms with E-state index >= 15 is 0 Å². The fourth-order valence-electron chi connectivity index (χ4n) is 6.85. The van der Waals surface area contributed by atoms with Crippen LogP contribution in [-0.4, -0.2) is 19.3 Å². The van der Waals surface area contributed by atoms with E-state index in [1.54, 1.807) is 0 Å². The summed E-state index contributed by atoms with van der Waals surface area (Å²) in [6.45, 7) is 17.7. The zero-order valence-electron chi connectivity index (χ0n) is 30.0. The van der Waals surface area contributed by atoms with Crippen molar-refractivity contribution in [3.63, 3.8) is 0 Å². The summed E-state index contributed by atoms with van der Waals surface area (Å²) in [4.78, 5) is 4.81. The first-order valence-corrected chi connectivity index (χ1v) is 17.4. The molecule has 49 heavy (non-hydrogen) atoms. The number of aryl methyl sites for hydroxylation is 3. The van der Waals surface area contributed by atoms with Gasteiger partial charge in [0.05, 0.1) is 22.4 Å². The number of benzene rings is 4. The largest absolute Gasteiger partial charge is 0.457 e. The van der Waals surface area contributed by atoms with Crippen molar-refractivity contribution < 1.29 is 4.74 Å². The molecule has 0 atom stereocenters. The first-order chi connectivity index (χ1) is 23.4. The van der Waals surface area contributed by atoms with Crippen molar-refractivity contribution in [3.05, 3.63) is 131 Å². The van der Waals surface area contributed by atoms with Crippen LogP contribution in [0.2, 0.25) is 0 Å². The molecule has 3 aromatic heterocycles. The van der Waals surface area contributed by atoms with E-state index in [0.717, 1.165) is 58.3 Å². The molecule has 0 saturated carbocycles. The van der Waals surface area contributed by atoms with Crippen molar-refractivity contribution in [2.75, 3.05) is 0 Å². The van der Waals surface area contributed by atoms with Crippen LogP contribution in [0, 0.1) is 26.2 Å². The van der Waals surface area contributed by atoms with Gasteiger partial charge < -0.3 is 4.74 Å². The quantitative estimate of drug-likeness (QED) is 0.165. The highest BCUT2D eigenvalue weighted by Crippen LogP contribution is 2.38. The van der Waals surface area contributed by atoms with Crippen molar-refractivity contribution >= 4 is 21.8 Å². The van der Waals surface area contributed by atoms with Gasteiger partial charge in [0, 0.05) is 40.4 Å². The molecule has 0 bridgehead atoms. The fraction of sp³-hybridized carbons (Fsp3) is 0.273. The molecule has 5 heteroatoms. The van der Waals surface area contributed by atoms with E-state index in [9.17, 15) is 0 Å². The van der Waals surface area contributed by atoms with Crippen LogP contribution in [0.3, 0.4) is 0 Å². The maximum Gasteiger partial charge on any atom is 0.137 e. The third-order valence-corrected chi connectivity index (χ3v) is 9.51. The van der Waals surface area contributed by atoms with Crippen LogP contribution >= 0.6 is 0 Å². The van der Waals surface area contributed by atoms with Crippen LogP contribution in [0.4, 0.5) is 0 Å². The summed E-state index contributed by atoms with van der Waals surface area (Å²) in [5.41, 5.74) is 11.7. The SMILES string of the molecule is Cc1ccnc(-n2c3ccc(CCC(C)(C)C)cc3c3ccc(Oc4cc(C(C)C)cc(-n5nc(C)c(-c6ccccc6)c5C)c4)cc32)c1. The van der Waals surface area contributed by atoms with Crippen LogP contribution < -0.4 is 4.74 Å². The summed E-state index contributed by atoms with van der Waals surface area (Å²) in [6.07, 6.45) is 4.07. The monoisotopic (exact) mass is 646 g/mol. The molecule has 0 spiro atoms. The van der Waals surface area contributed by atoms with Gasteiger partial charge in [-0.25, -0.2) is 9.67 Å². The number of rotatable bonds is 8. The predicted molar refractivity (Wildman–Crippen MR) is 204 cm³/mol. The lowest BCUT2D eigenvalue weighted by atomic mass is 9.88. The molecule has 0 aliphatic heterocycles. The first-order valence-electron chi connectivity index (χ1n) is 17.4. The smallest absolute Gasteiger partial charge is 0.137 e. The van der Waals surface area contributed by atoms with Crippen molar-refractivity contribution in [1.29, 1.82) is 0 Å². The second-order valence-corrected chi connectivity index (χ2v) is 15.0. The van der Waals surface area contributed by atoms with Crippen molar-refractivity contribution in [2.24, 2.45) is 5.41 Å². The maximum absolute atomic E-state index is 6.74. The summed E-state index contributed by atoms with van der Waals surface area (Å²) < 4.78 is 11.1. The molecule has 248 valence electrons. The standard InChI is InChI=1S/C44H46N4O/c1-28(2)34-24-35(48-31(5)43(30(4)46-48)33-12-10-9-11-13-33)26-37(25-34)49-36-15-16-38-39-23-32(18-20-44(6,7)8)14-17-40(39)47(41(38)27-36)42-22-29(3)19-21-45-42/h9-17,19,21-28H,18,20H2,1-8H3. The summed E-state index contributed by atoms with van der Waals surface area (Å²) in [5, 5.41) is 7.43. The summed E-state index contributed by atoms with van der Waals surface area (Å²) in [6, 6.07) is 34.5. The summed E-state index contributed by atoms with van der Waals surface area (Å²) >= 11 is 0. The van der Waals surface area contributed by atoms with Crippen LogP contribution in [-0.2, 0) is 6.42 Å². The van der Waals surface area contributed by atoms with E-state index in [2.05, 4.69) is 150 Å². The molecule has 0 aliphatic rings. The Morgan fingerprint density at radius 2 is 1.55 bits per heavy atom. The average Bonchev–Trinajstić information content (AvgIpc) is 3.55. The first kappa shape index (κ1) is 32.4. The third kappa shape index (κ3) is 6.50. The van der Waals surface area contributed by atoms with Crippen LogP contribution in [0.1, 0.15) is 75.0 Å². The lowest BCUT2D eigenvalue weighted by Gasteiger charge is -2.17. The number of hydrogen-bond acceptors (Lipinski definition) is 3. The summed E-state index contributed by atoms with van der Waals surface area (Å²) in [5.74, 6) is 2.79. The normalized spacial score (nSPS) is 12.0. The van der Waals surface area contributed by atoms with Crippen LogP contribution in [0.5, 0.6) is 11.5 Å². The highest BCUT2D eigenvalue weighted by molar-refractivity contribution is 6.09. The molecule has 4 aromatic carbocycles. The molecule has 0 fully saturated rings. The Morgan fingerprint density at radius 1 is 0.755 bits per heavy atom. The number of pyridine rings is 1. The summed E-state index contributed by atoms with van der Waals surface area (Å²) in [7, 11) is 0. The van der Waals surface area contributed by atoms with Gasteiger partial charge in [-0.2, -0.15) is 5.10 Å². The molecule has 3 heterocycles. The van der Waals surface area contributed by atoms with E-state index in [4.69, 9.17) is 14.8 Å². The average molecular weight is 647 g/mol. The number of fused-ring (bicyclic) bond motifs is 3. The third-order valence-electron chi connectivity index (χ3n) is 9.51. The number of aromatic nitrogens is 4. The molecule has 5 nitrogen and oxygen atoms in total. The van der Waals surface area contributed by atoms with E-state index in [1.807, 2.05) is 18.3 Å². The molecule has 0 aliphatic carbocycles. The van der Waals surface area contributed by atoms with E-state index in [1.165, 1.54) is 38.6 Å². The molecule has 0 saturated heterocycles. The second kappa shape index (κ2) is 12.7. The molecule has 0 unspecified atom stereocenters. The van der Waals surface area contributed by atoms with E-state index in [-0.39, 0.29) is 5.41 Å². The van der Waals surface area contributed by atoms with E-state index < -0.39 is 0 Å². The Labute approximate surface area is 290 Å². The van der Waals surface area contributed by atoms with Gasteiger partial charge in [0.25, 0.3) is 0 Å². The zero-order valence-corrected chi connectivity index (χ0v) is 30.0. The minimum Gasteiger partial charge on any atom is -0.457 e. The lowest BCUT2D eigenvalue weighted by Crippen LogP contribution is -2.06. The van der Waals surface area contributed by atoms with Gasteiger partial charge in [-0.1, -0.05) is 71.0 Å². The Hall–Kier alpha value is -5.16. The number of hydrogen-bond donors (Lipinski definition) is 0. The minimum atomic E-state index is 0.284. The lowest BCUT2D eigenvalue weighted by molar-refractivity contribution is 0.378. The van der Waals surface area contributed by atoms with Gasteiger partial charge >= 0.3 is 0 Å². The van der Waals surface area contributed by atoms with Crippen molar-refractivity contribution in [2.45, 2.75) is 74.1 Å². The van der Waals surface area contributed by atoms with Gasteiger partial charge in [-0.05, 0) is 116 Å². The van der Waals surface area contributed by atoms with Gasteiger partial charge in [-0.15, -0.1) is 0 Å². The highest BCUT2D eigenvalue weighted by Gasteiger charge is 2.19. The van der Waals surface area contributed by atoms with E-state index in [0.29, 0.717) is 5.92 Å². The molecule has 0 radical (unpaired) electrons. The molecule has 7 rings (SSSR count). The van der Waals surface area contributed by atoms with Crippen molar-refractivity contribution in [1.82, 2.24) is 19.3 Å². The van der Waals surface area contributed by atoms with Gasteiger partial charge in [0.15, 0.2) is 0 Å². The molecule has 0 amide bonds. The minimum absolute atomic E-state index is 0.284. The number of ether oxygens (including phenoxy) is 1. The van der Waals surface area contributed by atoms with Gasteiger partial charge in [0.2, 0.25) is 0 Å². The topological polar surface area (TPSA) is 44.9 Å². The highest BCUT2D eigenvalue weighted by atomic mass is 16.5. The van der Waals surface area contributed by atoms with Gasteiger partial charge in [0.1, 0.15) is 17.3 Å². The fourth-order valence-corrected chi connectivity index (χ4v) is 6.85. The number of nitrogens with zero attached hydrogens (tertiary/aromatic N) is 4. The second-order valence-electron chi connectivity index (χ2n) is 15.0. The maximum atomic E-state index is 6.74. The Morgan fingerprint density at radius 3 is 2.29 bits per heavy atom. The van der Waals surface area contributed by atoms with Gasteiger partial charge in [-0.3, -0.25) is 4.57 Å². The zero-order chi connectivity index (χ0) is 34.4. The Balaban J connectivity index is 1.32.